The summed E-state index contributed by atoms with van der Waals surface area (Å²) in [6, 6.07) is 7.56. The molecule has 4 N–H and O–H groups in total. The fourth-order valence-corrected chi connectivity index (χ4v) is 3.36. The number of anilines is 1. The van der Waals surface area contributed by atoms with Crippen LogP contribution in [0, 0.1) is 11.8 Å². The average molecular weight is 465 g/mol. The Hall–Kier alpha value is -2.28. The molecule has 8 nitrogen and oxygen atoms in total. The SMILES string of the molecule is CC#CCN1CC(O)N(CC(N)Nc2ccccc2CC)C(=O)N(C)CN=C1Br. The standard InChI is InChI=1S/C20H29BrN6O2/c1-4-6-11-26-13-18(28)27(20(29)25(3)14-23-19(26)21)12-17(22)24-16-10-8-7-9-15(16)5-2/h7-10,17-18,24,28H,5,11-14,22H2,1-3H3. The number of aryl methyl sites for hydroxylation is 1. The van der Waals surface area contributed by atoms with Crippen molar-refractivity contribution < 1.29 is 9.90 Å². The number of carbonyl (C=O) groups excluding carboxylic acids is 1. The predicted octanol–water partition coefficient (Wildman–Crippen LogP) is 1.67. The minimum absolute atomic E-state index is 0.132. The third-order valence-corrected chi connectivity index (χ3v) is 5.32. The highest BCUT2D eigenvalue weighted by Crippen LogP contribution is 2.17. The summed E-state index contributed by atoms with van der Waals surface area (Å²) in [6.45, 7) is 4.66. The molecule has 0 saturated heterocycles. The molecular weight excluding hydrogens is 436 g/mol. The normalized spacial score (nSPS) is 18.8. The number of aliphatic hydroxyl groups is 1. The van der Waals surface area contributed by atoms with E-state index in [1.165, 1.54) is 9.80 Å². The third kappa shape index (κ3) is 6.35. The number of aliphatic imine (C=N–C) groups is 1. The zero-order valence-corrected chi connectivity index (χ0v) is 18.7. The highest BCUT2D eigenvalue weighted by Gasteiger charge is 2.30. The van der Waals surface area contributed by atoms with Gasteiger partial charge in [-0.05, 0) is 40.9 Å². The van der Waals surface area contributed by atoms with Gasteiger partial charge >= 0.3 is 6.03 Å². The molecule has 158 valence electrons. The Morgan fingerprint density at radius 2 is 2.17 bits per heavy atom. The molecule has 2 atom stereocenters. The first-order valence-electron chi connectivity index (χ1n) is 9.51. The molecule has 2 rings (SSSR count). The molecule has 0 bridgehead atoms. The number of rotatable bonds is 6. The van der Waals surface area contributed by atoms with Crippen LogP contribution >= 0.6 is 15.9 Å². The lowest BCUT2D eigenvalue weighted by molar-refractivity contribution is 0.00874. The monoisotopic (exact) mass is 464 g/mol. The van der Waals surface area contributed by atoms with Crippen LogP contribution in [0.1, 0.15) is 19.4 Å². The topological polar surface area (TPSA) is 97.4 Å². The second-order valence-electron chi connectivity index (χ2n) is 6.75. The second kappa shape index (κ2) is 11.0. The maximum absolute atomic E-state index is 12.9. The Morgan fingerprint density at radius 1 is 1.45 bits per heavy atom. The molecule has 1 aliphatic rings. The van der Waals surface area contributed by atoms with Crippen molar-refractivity contribution in [3.63, 3.8) is 0 Å². The second-order valence-corrected chi connectivity index (χ2v) is 7.46. The number of aliphatic hydroxyl groups excluding tert-OH is 1. The Kier molecular flexibility index (Phi) is 8.76. The lowest BCUT2D eigenvalue weighted by Gasteiger charge is -2.34. The van der Waals surface area contributed by atoms with E-state index < -0.39 is 12.4 Å². The predicted molar refractivity (Wildman–Crippen MR) is 120 cm³/mol. The third-order valence-electron chi connectivity index (χ3n) is 4.57. The van der Waals surface area contributed by atoms with Crippen LogP contribution in [-0.2, 0) is 6.42 Å². The number of benzene rings is 1. The molecule has 9 heteroatoms. The maximum atomic E-state index is 12.9. The van der Waals surface area contributed by atoms with Crippen LogP contribution in [-0.4, -0.2) is 76.3 Å². The summed E-state index contributed by atoms with van der Waals surface area (Å²) in [4.78, 5) is 21.8. The minimum atomic E-state index is -1.07. The largest absolute Gasteiger partial charge is 0.372 e. The molecule has 2 amide bonds. The zero-order chi connectivity index (χ0) is 21.4. The van der Waals surface area contributed by atoms with Gasteiger partial charge < -0.3 is 26.0 Å². The van der Waals surface area contributed by atoms with Crippen molar-refractivity contribution in [3.05, 3.63) is 29.8 Å². The van der Waals surface area contributed by atoms with Crippen molar-refractivity contribution in [1.82, 2.24) is 14.7 Å². The molecule has 0 aromatic heterocycles. The van der Waals surface area contributed by atoms with Gasteiger partial charge in [0.1, 0.15) is 12.9 Å². The van der Waals surface area contributed by atoms with Gasteiger partial charge in [0, 0.05) is 12.7 Å². The molecule has 2 unspecified atom stereocenters. The number of para-hydroxylation sites is 1. The number of carbonyl (C=O) groups is 1. The van der Waals surface area contributed by atoms with Crippen molar-refractivity contribution in [1.29, 1.82) is 0 Å². The van der Waals surface area contributed by atoms with Gasteiger partial charge in [0.25, 0.3) is 0 Å². The number of hydrogen-bond acceptors (Lipinski definition) is 6. The van der Waals surface area contributed by atoms with E-state index in [4.69, 9.17) is 5.73 Å². The summed E-state index contributed by atoms with van der Waals surface area (Å²) < 4.78 is 0.542. The van der Waals surface area contributed by atoms with Crippen molar-refractivity contribution >= 4 is 32.4 Å². The lowest BCUT2D eigenvalue weighted by Crippen LogP contribution is -2.55. The number of amidine groups is 1. The number of β-amino-alcohol motifs (C(OH)–C–C–N with tert-alkyl or cyclic N) is 1. The first kappa shape index (κ1) is 23.0. The van der Waals surface area contributed by atoms with Crippen molar-refractivity contribution in [2.45, 2.75) is 32.7 Å². The van der Waals surface area contributed by atoms with Crippen LogP contribution < -0.4 is 11.1 Å². The minimum Gasteiger partial charge on any atom is -0.372 e. The van der Waals surface area contributed by atoms with Crippen LogP contribution in [0.15, 0.2) is 29.3 Å². The van der Waals surface area contributed by atoms with Crippen molar-refractivity contribution in [2.75, 3.05) is 38.7 Å². The smallest absolute Gasteiger partial charge is 0.323 e. The van der Waals surface area contributed by atoms with Gasteiger partial charge in [0.15, 0.2) is 4.74 Å². The van der Waals surface area contributed by atoms with E-state index in [0.29, 0.717) is 11.3 Å². The van der Waals surface area contributed by atoms with E-state index in [1.54, 1.807) is 18.9 Å². The summed E-state index contributed by atoms with van der Waals surface area (Å²) >= 11 is 3.41. The molecular formula is C20H29BrN6O2. The summed E-state index contributed by atoms with van der Waals surface area (Å²) in [6.07, 6.45) is -0.759. The number of nitrogens with zero attached hydrogens (tertiary/aromatic N) is 4. The van der Waals surface area contributed by atoms with Crippen molar-refractivity contribution in [2.24, 2.45) is 10.7 Å². The van der Waals surface area contributed by atoms with E-state index in [0.717, 1.165) is 17.7 Å². The van der Waals surface area contributed by atoms with E-state index in [9.17, 15) is 9.90 Å². The van der Waals surface area contributed by atoms with E-state index >= 15 is 0 Å². The Morgan fingerprint density at radius 3 is 2.86 bits per heavy atom. The molecule has 1 aliphatic heterocycles. The highest BCUT2D eigenvalue weighted by molar-refractivity contribution is 9.18. The van der Waals surface area contributed by atoms with Gasteiger partial charge in [-0.3, -0.25) is 4.90 Å². The number of hydrogen-bond donors (Lipinski definition) is 3. The molecule has 1 aromatic rings. The fraction of sp³-hybridized carbons (Fsp3) is 0.500. The average Bonchev–Trinajstić information content (AvgIpc) is 2.74. The molecule has 0 fully saturated rings. The molecule has 0 saturated carbocycles. The summed E-state index contributed by atoms with van der Waals surface area (Å²) in [5, 5.41) is 14.1. The van der Waals surface area contributed by atoms with Gasteiger partial charge in [0.2, 0.25) is 0 Å². The first-order valence-corrected chi connectivity index (χ1v) is 10.3. The van der Waals surface area contributed by atoms with Crippen LogP contribution in [0.2, 0.25) is 0 Å². The number of urea groups is 1. The van der Waals surface area contributed by atoms with Gasteiger partial charge in [-0.1, -0.05) is 31.0 Å². The van der Waals surface area contributed by atoms with Crippen LogP contribution in [0.25, 0.3) is 0 Å². The summed E-state index contributed by atoms with van der Waals surface area (Å²) in [7, 11) is 1.64. The number of halogens is 1. The van der Waals surface area contributed by atoms with Gasteiger partial charge in [-0.25, -0.2) is 9.79 Å². The van der Waals surface area contributed by atoms with Crippen LogP contribution in [0.3, 0.4) is 0 Å². The number of nitrogens with two attached hydrogens (primary N) is 1. The Labute approximate surface area is 180 Å². The summed E-state index contributed by atoms with van der Waals surface area (Å²) in [5.41, 5.74) is 8.35. The van der Waals surface area contributed by atoms with Gasteiger partial charge in [-0.2, -0.15) is 0 Å². The van der Waals surface area contributed by atoms with E-state index in [-0.39, 0.29) is 25.8 Å². The molecule has 1 heterocycles. The molecule has 1 aromatic carbocycles. The Balaban J connectivity index is 2.17. The van der Waals surface area contributed by atoms with Crippen molar-refractivity contribution in [3.8, 4) is 11.8 Å². The maximum Gasteiger partial charge on any atom is 0.323 e. The number of amides is 2. The number of nitrogens with one attached hydrogen (secondary N) is 1. The highest BCUT2D eigenvalue weighted by atomic mass is 79.9. The lowest BCUT2D eigenvalue weighted by atomic mass is 10.1. The Bertz CT molecular complexity index is 791. The van der Waals surface area contributed by atoms with E-state index in [1.807, 2.05) is 24.3 Å². The summed E-state index contributed by atoms with van der Waals surface area (Å²) in [5.74, 6) is 5.79. The zero-order valence-electron chi connectivity index (χ0n) is 17.1. The van der Waals surface area contributed by atoms with Crippen LogP contribution in [0.4, 0.5) is 10.5 Å². The molecule has 0 aliphatic carbocycles. The molecule has 0 spiro atoms. The van der Waals surface area contributed by atoms with Gasteiger partial charge in [-0.15, -0.1) is 5.92 Å². The quantitative estimate of drug-likeness (QED) is 0.338. The molecule has 0 radical (unpaired) electrons. The first-order chi connectivity index (χ1) is 13.9. The fourth-order valence-electron chi connectivity index (χ4n) is 2.97. The van der Waals surface area contributed by atoms with E-state index in [2.05, 4.69) is 45.0 Å². The van der Waals surface area contributed by atoms with Crippen LogP contribution in [0.5, 0.6) is 0 Å². The van der Waals surface area contributed by atoms with Gasteiger partial charge in [0.05, 0.1) is 25.8 Å². The molecule has 29 heavy (non-hydrogen) atoms.